The maximum absolute atomic E-state index is 6.23. The lowest BCUT2D eigenvalue weighted by molar-refractivity contribution is 0.189. The maximum atomic E-state index is 6.23. The van der Waals surface area contributed by atoms with E-state index in [4.69, 9.17) is 4.74 Å². The van der Waals surface area contributed by atoms with Crippen LogP contribution in [-0.4, -0.2) is 44.2 Å². The Morgan fingerprint density at radius 2 is 1.62 bits per heavy atom. The summed E-state index contributed by atoms with van der Waals surface area (Å²) in [5.41, 5.74) is 2.67. The van der Waals surface area contributed by atoms with Crippen LogP contribution in [0, 0.1) is 0 Å². The van der Waals surface area contributed by atoms with Gasteiger partial charge in [0.05, 0.1) is 0 Å². The highest BCUT2D eigenvalue weighted by Gasteiger charge is 2.16. The molecule has 1 aromatic rings. The second-order valence-electron chi connectivity index (χ2n) is 6.52. The molecule has 2 rings (SSSR count). The van der Waals surface area contributed by atoms with Crippen LogP contribution in [0.15, 0.2) is 18.2 Å². The Balaban J connectivity index is 2.02. The Hall–Kier alpha value is -1.06. The molecule has 118 valence electrons. The molecular weight excluding hydrogens is 260 g/mol. The van der Waals surface area contributed by atoms with E-state index in [0.29, 0.717) is 11.8 Å². The van der Waals surface area contributed by atoms with Gasteiger partial charge in [-0.2, -0.15) is 0 Å². The third-order valence-electron chi connectivity index (χ3n) is 4.18. The summed E-state index contributed by atoms with van der Waals surface area (Å²) in [5, 5.41) is 3.39. The number of para-hydroxylation sites is 1. The fraction of sp³-hybridized carbons (Fsp3) is 0.667. The zero-order valence-corrected chi connectivity index (χ0v) is 14.0. The van der Waals surface area contributed by atoms with Gasteiger partial charge in [-0.1, -0.05) is 45.9 Å². The predicted octanol–water partition coefficient (Wildman–Crippen LogP) is 3.22. The lowest BCUT2D eigenvalue weighted by Gasteiger charge is -2.27. The van der Waals surface area contributed by atoms with Crippen LogP contribution >= 0.6 is 0 Å². The van der Waals surface area contributed by atoms with E-state index in [1.165, 1.54) is 11.1 Å². The summed E-state index contributed by atoms with van der Waals surface area (Å²) >= 11 is 0. The number of rotatable bonds is 6. The minimum absolute atomic E-state index is 0.498. The minimum Gasteiger partial charge on any atom is -0.492 e. The standard InChI is InChI=1S/C18H30N2O/c1-14(2)16-6-5-7-17(15(3)4)18(16)21-13-12-20-10-8-19-9-11-20/h5-7,14-15,19H,8-13H2,1-4H3. The van der Waals surface area contributed by atoms with Crippen molar-refractivity contribution in [1.82, 2.24) is 10.2 Å². The monoisotopic (exact) mass is 290 g/mol. The molecule has 3 nitrogen and oxygen atoms in total. The molecule has 1 aliphatic rings. The topological polar surface area (TPSA) is 24.5 Å². The summed E-state index contributed by atoms with van der Waals surface area (Å²) in [7, 11) is 0. The molecule has 0 radical (unpaired) electrons. The van der Waals surface area contributed by atoms with Crippen LogP contribution in [0.3, 0.4) is 0 Å². The van der Waals surface area contributed by atoms with E-state index >= 15 is 0 Å². The van der Waals surface area contributed by atoms with Crippen LogP contribution in [0.1, 0.15) is 50.7 Å². The van der Waals surface area contributed by atoms with Gasteiger partial charge in [-0.25, -0.2) is 0 Å². The highest BCUT2D eigenvalue weighted by molar-refractivity contribution is 5.44. The molecule has 0 spiro atoms. The second kappa shape index (κ2) is 7.81. The fourth-order valence-electron chi connectivity index (χ4n) is 2.86. The lowest BCUT2D eigenvalue weighted by Crippen LogP contribution is -2.44. The van der Waals surface area contributed by atoms with E-state index in [1.807, 2.05) is 0 Å². The van der Waals surface area contributed by atoms with Gasteiger partial charge < -0.3 is 10.1 Å². The van der Waals surface area contributed by atoms with Crippen molar-refractivity contribution in [2.45, 2.75) is 39.5 Å². The van der Waals surface area contributed by atoms with Gasteiger partial charge in [-0.15, -0.1) is 0 Å². The third-order valence-corrected chi connectivity index (χ3v) is 4.18. The predicted molar refractivity (Wildman–Crippen MR) is 89.4 cm³/mol. The zero-order valence-electron chi connectivity index (χ0n) is 14.0. The Morgan fingerprint density at radius 1 is 1.05 bits per heavy atom. The van der Waals surface area contributed by atoms with Gasteiger partial charge in [0.1, 0.15) is 12.4 Å². The molecule has 0 unspecified atom stereocenters. The summed E-state index contributed by atoms with van der Waals surface area (Å²) in [6.45, 7) is 15.2. The van der Waals surface area contributed by atoms with E-state index in [9.17, 15) is 0 Å². The van der Waals surface area contributed by atoms with E-state index in [1.54, 1.807) is 0 Å². The quantitative estimate of drug-likeness (QED) is 0.870. The summed E-state index contributed by atoms with van der Waals surface area (Å²) in [4.78, 5) is 2.48. The van der Waals surface area contributed by atoms with Crippen molar-refractivity contribution in [3.05, 3.63) is 29.3 Å². The largest absolute Gasteiger partial charge is 0.492 e. The third kappa shape index (κ3) is 4.45. The summed E-state index contributed by atoms with van der Waals surface area (Å²) in [5.74, 6) is 2.12. The number of nitrogens with one attached hydrogen (secondary N) is 1. The molecule has 1 heterocycles. The Kier molecular flexibility index (Phi) is 6.07. The van der Waals surface area contributed by atoms with Gasteiger partial charge in [0.25, 0.3) is 0 Å². The number of piperazine rings is 1. The molecule has 0 atom stereocenters. The first kappa shape index (κ1) is 16.3. The van der Waals surface area contributed by atoms with Gasteiger partial charge >= 0.3 is 0 Å². The first-order chi connectivity index (χ1) is 10.1. The normalized spacial score (nSPS) is 16.7. The fourth-order valence-corrected chi connectivity index (χ4v) is 2.86. The van der Waals surface area contributed by atoms with Crippen molar-refractivity contribution in [3.8, 4) is 5.75 Å². The summed E-state index contributed by atoms with van der Waals surface area (Å²) in [6, 6.07) is 6.57. The molecule has 0 saturated carbocycles. The van der Waals surface area contributed by atoms with Crippen molar-refractivity contribution in [2.24, 2.45) is 0 Å². The summed E-state index contributed by atoms with van der Waals surface area (Å²) in [6.07, 6.45) is 0. The maximum Gasteiger partial charge on any atom is 0.126 e. The zero-order chi connectivity index (χ0) is 15.2. The average Bonchev–Trinajstić information content (AvgIpc) is 2.48. The van der Waals surface area contributed by atoms with Crippen molar-refractivity contribution >= 4 is 0 Å². The van der Waals surface area contributed by atoms with Gasteiger partial charge in [0.2, 0.25) is 0 Å². The first-order valence-corrected chi connectivity index (χ1v) is 8.28. The molecule has 0 aromatic heterocycles. The molecule has 1 saturated heterocycles. The van der Waals surface area contributed by atoms with Crippen LogP contribution in [0.4, 0.5) is 0 Å². The van der Waals surface area contributed by atoms with Crippen LogP contribution < -0.4 is 10.1 Å². The molecule has 0 amide bonds. The number of hydrogen-bond acceptors (Lipinski definition) is 3. The van der Waals surface area contributed by atoms with Crippen molar-refractivity contribution in [1.29, 1.82) is 0 Å². The van der Waals surface area contributed by atoms with E-state index in [2.05, 4.69) is 56.1 Å². The first-order valence-electron chi connectivity index (χ1n) is 8.28. The van der Waals surface area contributed by atoms with Gasteiger partial charge in [0, 0.05) is 32.7 Å². The number of benzene rings is 1. The number of nitrogens with zero attached hydrogens (tertiary/aromatic N) is 1. The second-order valence-corrected chi connectivity index (χ2v) is 6.52. The average molecular weight is 290 g/mol. The molecular formula is C18H30N2O. The van der Waals surface area contributed by atoms with Crippen LogP contribution in [-0.2, 0) is 0 Å². The smallest absolute Gasteiger partial charge is 0.126 e. The number of hydrogen-bond donors (Lipinski definition) is 1. The van der Waals surface area contributed by atoms with E-state index < -0.39 is 0 Å². The molecule has 1 fully saturated rings. The summed E-state index contributed by atoms with van der Waals surface area (Å²) < 4.78 is 6.23. The highest BCUT2D eigenvalue weighted by atomic mass is 16.5. The van der Waals surface area contributed by atoms with Crippen molar-refractivity contribution < 1.29 is 4.74 Å². The molecule has 1 aromatic carbocycles. The Bertz CT molecular complexity index is 411. The van der Waals surface area contributed by atoms with Gasteiger partial charge in [-0.05, 0) is 23.0 Å². The molecule has 3 heteroatoms. The molecule has 0 aliphatic carbocycles. The molecule has 21 heavy (non-hydrogen) atoms. The van der Waals surface area contributed by atoms with Crippen LogP contribution in [0.25, 0.3) is 0 Å². The van der Waals surface area contributed by atoms with Gasteiger partial charge in [0.15, 0.2) is 0 Å². The van der Waals surface area contributed by atoms with E-state index in [0.717, 1.165) is 45.1 Å². The number of ether oxygens (including phenoxy) is 1. The van der Waals surface area contributed by atoms with Crippen LogP contribution in [0.2, 0.25) is 0 Å². The van der Waals surface area contributed by atoms with E-state index in [-0.39, 0.29) is 0 Å². The highest BCUT2D eigenvalue weighted by Crippen LogP contribution is 2.34. The Morgan fingerprint density at radius 3 is 2.14 bits per heavy atom. The van der Waals surface area contributed by atoms with Gasteiger partial charge in [-0.3, -0.25) is 4.90 Å². The van der Waals surface area contributed by atoms with Crippen molar-refractivity contribution in [3.63, 3.8) is 0 Å². The minimum atomic E-state index is 0.498. The molecule has 1 aliphatic heterocycles. The SMILES string of the molecule is CC(C)c1cccc(C(C)C)c1OCCN1CCNCC1. The van der Waals surface area contributed by atoms with Crippen molar-refractivity contribution in [2.75, 3.05) is 39.3 Å². The van der Waals surface area contributed by atoms with Crippen LogP contribution in [0.5, 0.6) is 5.75 Å². The Labute approximate surface area is 129 Å². The molecule has 0 bridgehead atoms. The lowest BCUT2D eigenvalue weighted by atomic mass is 9.94. The molecule has 1 N–H and O–H groups in total.